The highest BCUT2D eigenvalue weighted by molar-refractivity contribution is 5.84. The first-order valence-electron chi connectivity index (χ1n) is 8.96. The molecule has 0 fully saturated rings. The molecule has 1 heterocycles. The van der Waals surface area contributed by atoms with Gasteiger partial charge in [0.2, 0.25) is 5.91 Å². The fourth-order valence-electron chi connectivity index (χ4n) is 2.68. The number of carbonyl (C=O) groups is 2. The van der Waals surface area contributed by atoms with Crippen LogP contribution in [0.1, 0.15) is 39.0 Å². The average Bonchev–Trinajstić information content (AvgIpc) is 2.62. The molecular weight excluding hydrogens is 385 g/mol. The van der Waals surface area contributed by atoms with Crippen LogP contribution in [0.3, 0.4) is 0 Å². The quantitative estimate of drug-likeness (QED) is 0.587. The molecule has 0 saturated heterocycles. The molecule has 0 aliphatic carbocycles. The molecule has 0 radical (unpaired) electrons. The highest BCUT2D eigenvalue weighted by Crippen LogP contribution is 2.24. The summed E-state index contributed by atoms with van der Waals surface area (Å²) in [5.74, 6) is -1.71. The Hall–Kier alpha value is -3.01. The first-order valence-corrected chi connectivity index (χ1v) is 8.96. The van der Waals surface area contributed by atoms with Gasteiger partial charge in [0.05, 0.1) is 18.7 Å². The third kappa shape index (κ3) is 5.98. The van der Waals surface area contributed by atoms with Crippen LogP contribution in [0.5, 0.6) is 5.75 Å². The topological polar surface area (TPSA) is 148 Å². The molecule has 0 aliphatic heterocycles. The number of halogens is 1. The number of rotatable bonds is 9. The lowest BCUT2D eigenvalue weighted by Gasteiger charge is -2.25. The number of ether oxygens (including phenoxy) is 2. The number of methoxy groups -OCH3 is 1. The lowest BCUT2D eigenvalue weighted by molar-refractivity contribution is -0.157. The zero-order valence-corrected chi connectivity index (χ0v) is 16.5. The fraction of sp³-hybridized carbons (Fsp3) is 0.474. The molecule has 0 saturated carbocycles. The number of fused-ring (bicyclic) bond motifs is 1. The molecule has 29 heavy (non-hydrogen) atoms. The average molecular weight is 409 g/mol. The molecule has 0 spiro atoms. The van der Waals surface area contributed by atoms with E-state index < -0.39 is 35.0 Å². The van der Waals surface area contributed by atoms with Crippen molar-refractivity contribution in [1.29, 1.82) is 0 Å². The maximum Gasteiger partial charge on any atom is 0.350 e. The Morgan fingerprint density at radius 1 is 1.34 bits per heavy atom. The molecule has 4 N–H and O–H groups in total. The molecule has 9 nitrogen and oxygen atoms in total. The van der Waals surface area contributed by atoms with Gasteiger partial charge in [-0.3, -0.25) is 9.59 Å². The van der Waals surface area contributed by atoms with Crippen molar-refractivity contribution in [3.05, 3.63) is 34.3 Å². The number of hydrogen-bond donors (Lipinski definition) is 2. The van der Waals surface area contributed by atoms with Crippen molar-refractivity contribution < 1.29 is 27.9 Å². The molecule has 2 rings (SSSR count). The van der Waals surface area contributed by atoms with Gasteiger partial charge in [-0.1, -0.05) is 0 Å². The normalized spacial score (nSPS) is 12.6. The Kier molecular flexibility index (Phi) is 6.91. The summed E-state index contributed by atoms with van der Waals surface area (Å²) in [5.41, 5.74) is 9.05. The molecule has 1 amide bonds. The molecule has 1 aromatic carbocycles. The monoisotopic (exact) mass is 409 g/mol. The van der Waals surface area contributed by atoms with Crippen molar-refractivity contribution in [2.24, 2.45) is 11.5 Å². The number of primary amides is 1. The van der Waals surface area contributed by atoms with Gasteiger partial charge in [0, 0.05) is 25.0 Å². The number of aryl methyl sites for hydroxylation is 1. The molecular formula is C19H24FN3O6. The Labute approximate surface area is 166 Å². The number of nitrogens with two attached hydrogens (primary N) is 2. The van der Waals surface area contributed by atoms with E-state index in [0.717, 1.165) is 12.1 Å². The smallest absolute Gasteiger partial charge is 0.350 e. The Morgan fingerprint density at radius 3 is 2.66 bits per heavy atom. The van der Waals surface area contributed by atoms with Crippen LogP contribution in [0.25, 0.3) is 10.9 Å². The van der Waals surface area contributed by atoms with Gasteiger partial charge in [-0.25, -0.2) is 14.2 Å². The third-order valence-electron chi connectivity index (χ3n) is 4.28. The molecule has 0 bridgehead atoms. The SMILES string of the molecule is COc1cc(F)cc2nc(CCC(C)(C)OC(=O)CCC(N)C(N)=O)oc(=O)c12. The van der Waals surface area contributed by atoms with Crippen molar-refractivity contribution in [3.8, 4) is 5.75 Å². The zero-order chi connectivity index (χ0) is 21.8. The van der Waals surface area contributed by atoms with Crippen LogP contribution in [-0.2, 0) is 20.7 Å². The summed E-state index contributed by atoms with van der Waals surface area (Å²) in [5, 5.41) is 0.0501. The van der Waals surface area contributed by atoms with E-state index >= 15 is 0 Å². The second-order valence-corrected chi connectivity index (χ2v) is 7.18. The molecule has 10 heteroatoms. The predicted molar refractivity (Wildman–Crippen MR) is 102 cm³/mol. The van der Waals surface area contributed by atoms with Crippen molar-refractivity contribution in [1.82, 2.24) is 4.98 Å². The highest BCUT2D eigenvalue weighted by atomic mass is 19.1. The predicted octanol–water partition coefficient (Wildman–Crippen LogP) is 1.18. The van der Waals surface area contributed by atoms with Crippen LogP contribution in [-0.4, -0.2) is 35.6 Å². The summed E-state index contributed by atoms with van der Waals surface area (Å²) >= 11 is 0. The minimum atomic E-state index is -0.917. The van der Waals surface area contributed by atoms with E-state index in [9.17, 15) is 18.8 Å². The van der Waals surface area contributed by atoms with E-state index in [0.29, 0.717) is 0 Å². The highest BCUT2D eigenvalue weighted by Gasteiger charge is 2.25. The maximum atomic E-state index is 13.7. The van der Waals surface area contributed by atoms with Crippen LogP contribution in [0, 0.1) is 5.82 Å². The molecule has 1 unspecified atom stereocenters. The number of nitrogens with zero attached hydrogens (tertiary/aromatic N) is 1. The number of hydrogen-bond acceptors (Lipinski definition) is 8. The van der Waals surface area contributed by atoms with Crippen molar-refractivity contribution in [2.75, 3.05) is 7.11 Å². The van der Waals surface area contributed by atoms with E-state index in [1.54, 1.807) is 13.8 Å². The Bertz CT molecular complexity index is 972. The van der Waals surface area contributed by atoms with Crippen LogP contribution in [0.2, 0.25) is 0 Å². The van der Waals surface area contributed by atoms with Gasteiger partial charge in [-0.15, -0.1) is 0 Å². The number of amides is 1. The van der Waals surface area contributed by atoms with Crippen molar-refractivity contribution in [2.45, 2.75) is 51.2 Å². The first kappa shape index (κ1) is 22.3. The summed E-state index contributed by atoms with van der Waals surface area (Å²) in [7, 11) is 1.31. The van der Waals surface area contributed by atoms with Crippen LogP contribution in [0.15, 0.2) is 21.3 Å². The summed E-state index contributed by atoms with van der Waals surface area (Å²) in [6.07, 6.45) is 0.480. The van der Waals surface area contributed by atoms with Gasteiger partial charge in [-0.2, -0.15) is 0 Å². The Balaban J connectivity index is 2.06. The van der Waals surface area contributed by atoms with E-state index in [-0.39, 0.29) is 48.2 Å². The van der Waals surface area contributed by atoms with E-state index in [1.165, 1.54) is 7.11 Å². The summed E-state index contributed by atoms with van der Waals surface area (Å²) in [6.45, 7) is 3.36. The largest absolute Gasteiger partial charge is 0.496 e. The van der Waals surface area contributed by atoms with Gasteiger partial charge in [-0.05, 0) is 26.7 Å². The minimum absolute atomic E-state index is 0.0382. The minimum Gasteiger partial charge on any atom is -0.496 e. The van der Waals surface area contributed by atoms with Crippen LogP contribution in [0.4, 0.5) is 4.39 Å². The second-order valence-electron chi connectivity index (χ2n) is 7.18. The molecule has 1 aromatic heterocycles. The zero-order valence-electron chi connectivity index (χ0n) is 16.5. The standard InChI is InChI=1S/C19H24FN3O6/c1-19(2,29-15(24)5-4-11(21)17(22)25)7-6-14-23-12-8-10(20)9-13(27-3)16(12)18(26)28-14/h8-9,11H,4-7,21H2,1-3H3,(H2,22,25). The van der Waals surface area contributed by atoms with E-state index in [4.69, 9.17) is 25.4 Å². The lowest BCUT2D eigenvalue weighted by atomic mass is 10.0. The van der Waals surface area contributed by atoms with Gasteiger partial charge in [0.15, 0.2) is 5.89 Å². The number of carbonyl (C=O) groups excluding carboxylic acids is 2. The summed E-state index contributed by atoms with van der Waals surface area (Å²) in [6, 6.07) is 1.28. The van der Waals surface area contributed by atoms with Crippen molar-refractivity contribution in [3.63, 3.8) is 0 Å². The summed E-state index contributed by atoms with van der Waals surface area (Å²) in [4.78, 5) is 39.3. The Morgan fingerprint density at radius 2 is 2.03 bits per heavy atom. The first-order chi connectivity index (χ1) is 13.5. The van der Waals surface area contributed by atoms with Crippen LogP contribution < -0.4 is 21.8 Å². The molecule has 1 atom stereocenters. The van der Waals surface area contributed by atoms with Crippen molar-refractivity contribution >= 4 is 22.8 Å². The number of aromatic nitrogens is 1. The number of esters is 1. The van der Waals surface area contributed by atoms with E-state index in [1.807, 2.05) is 0 Å². The maximum absolute atomic E-state index is 13.7. The molecule has 0 aliphatic rings. The lowest BCUT2D eigenvalue weighted by Crippen LogP contribution is -2.37. The van der Waals surface area contributed by atoms with Gasteiger partial charge in [0.25, 0.3) is 0 Å². The second kappa shape index (κ2) is 8.99. The van der Waals surface area contributed by atoms with Gasteiger partial charge < -0.3 is 25.4 Å². The third-order valence-corrected chi connectivity index (χ3v) is 4.28. The summed E-state index contributed by atoms with van der Waals surface area (Å²) < 4.78 is 29.3. The molecule has 158 valence electrons. The van der Waals surface area contributed by atoms with Crippen LogP contribution >= 0.6 is 0 Å². The molecule has 2 aromatic rings. The van der Waals surface area contributed by atoms with E-state index in [2.05, 4.69) is 4.98 Å². The number of benzene rings is 1. The van der Waals surface area contributed by atoms with Gasteiger partial charge >= 0.3 is 11.6 Å². The van der Waals surface area contributed by atoms with Gasteiger partial charge in [0.1, 0.15) is 22.6 Å². The fourth-order valence-corrected chi connectivity index (χ4v) is 2.68.